The molecule has 1 saturated heterocycles. The first-order chi connectivity index (χ1) is 14.8. The lowest BCUT2D eigenvalue weighted by Gasteiger charge is -2.34. The molecule has 1 aliphatic heterocycles. The Labute approximate surface area is 178 Å². The van der Waals surface area contributed by atoms with Crippen LogP contribution in [0.1, 0.15) is 0 Å². The summed E-state index contributed by atoms with van der Waals surface area (Å²) in [5.41, 5.74) is 1.75. The number of urea groups is 1. The number of carbonyl (C=O) groups is 1. The molecule has 0 bridgehead atoms. The first kappa shape index (κ1) is 18.5. The lowest BCUT2D eigenvalue weighted by atomic mass is 10.1. The Kier molecular flexibility index (Phi) is 4.98. The minimum absolute atomic E-state index is 0.102. The van der Waals surface area contributed by atoms with E-state index in [1.54, 1.807) is 12.4 Å². The number of hydrogen-bond donors (Lipinski definition) is 1. The third-order valence-corrected chi connectivity index (χ3v) is 5.97. The number of hydrogen-bond acceptors (Lipinski definition) is 6. The van der Waals surface area contributed by atoms with Crippen LogP contribution in [0.4, 0.5) is 15.6 Å². The second-order valence-corrected chi connectivity index (χ2v) is 7.81. The van der Waals surface area contributed by atoms with E-state index in [1.165, 1.54) is 11.5 Å². The van der Waals surface area contributed by atoms with Crippen molar-refractivity contribution < 1.29 is 4.79 Å². The summed E-state index contributed by atoms with van der Waals surface area (Å²) in [7, 11) is 0. The van der Waals surface area contributed by atoms with Crippen LogP contribution in [-0.2, 0) is 0 Å². The minimum atomic E-state index is -0.102. The fraction of sp³-hybridized carbons (Fsp3) is 0.182. The maximum atomic E-state index is 12.8. The molecule has 2 aromatic heterocycles. The van der Waals surface area contributed by atoms with Crippen molar-refractivity contribution in [1.82, 2.24) is 19.2 Å². The quantitative estimate of drug-likeness (QED) is 0.544. The number of piperazine rings is 1. The Morgan fingerprint density at radius 2 is 1.70 bits per heavy atom. The highest BCUT2D eigenvalue weighted by atomic mass is 32.1. The zero-order valence-electron chi connectivity index (χ0n) is 16.2. The number of pyridine rings is 1. The van der Waals surface area contributed by atoms with Gasteiger partial charge < -0.3 is 15.1 Å². The fourth-order valence-corrected chi connectivity index (χ4v) is 4.30. The van der Waals surface area contributed by atoms with Crippen molar-refractivity contribution in [3.8, 4) is 11.4 Å². The molecule has 1 aliphatic rings. The molecular weight excluding hydrogens is 396 g/mol. The number of fused-ring (bicyclic) bond motifs is 1. The van der Waals surface area contributed by atoms with Gasteiger partial charge in [0.15, 0.2) is 5.82 Å². The SMILES string of the molecule is O=C(Nc1cncc2ccccc12)N1CCN(c2nc(-c3ccccc3)ns2)CC1. The summed E-state index contributed by atoms with van der Waals surface area (Å²) in [6, 6.07) is 17.8. The zero-order chi connectivity index (χ0) is 20.3. The number of nitrogens with zero attached hydrogens (tertiary/aromatic N) is 5. The fourth-order valence-electron chi connectivity index (χ4n) is 3.56. The monoisotopic (exact) mass is 416 g/mol. The van der Waals surface area contributed by atoms with Crippen LogP contribution in [-0.4, -0.2) is 51.5 Å². The van der Waals surface area contributed by atoms with E-state index < -0.39 is 0 Å². The lowest BCUT2D eigenvalue weighted by molar-refractivity contribution is 0.208. The van der Waals surface area contributed by atoms with Crippen LogP contribution in [0, 0.1) is 0 Å². The van der Waals surface area contributed by atoms with E-state index in [1.807, 2.05) is 59.5 Å². The molecule has 30 heavy (non-hydrogen) atoms. The average Bonchev–Trinajstić information content (AvgIpc) is 3.30. The molecule has 5 rings (SSSR count). The van der Waals surface area contributed by atoms with Crippen LogP contribution in [0.5, 0.6) is 0 Å². The van der Waals surface area contributed by atoms with E-state index in [9.17, 15) is 4.79 Å². The van der Waals surface area contributed by atoms with Crippen molar-refractivity contribution in [3.63, 3.8) is 0 Å². The van der Waals surface area contributed by atoms with Crippen molar-refractivity contribution >= 4 is 39.2 Å². The van der Waals surface area contributed by atoms with Crippen molar-refractivity contribution in [2.75, 3.05) is 36.4 Å². The summed E-state index contributed by atoms with van der Waals surface area (Å²) in [5.74, 6) is 0.749. The molecular formula is C22H20N6OS. The molecule has 2 aromatic carbocycles. The van der Waals surface area contributed by atoms with Gasteiger partial charge in [-0.3, -0.25) is 4.98 Å². The molecule has 0 atom stereocenters. The van der Waals surface area contributed by atoms with Gasteiger partial charge in [0, 0.05) is 60.2 Å². The van der Waals surface area contributed by atoms with Crippen LogP contribution >= 0.6 is 11.5 Å². The summed E-state index contributed by atoms with van der Waals surface area (Å²) in [5, 5.41) is 5.90. The first-order valence-electron chi connectivity index (χ1n) is 9.81. The van der Waals surface area contributed by atoms with Gasteiger partial charge >= 0.3 is 6.03 Å². The largest absolute Gasteiger partial charge is 0.343 e. The standard InChI is InChI=1S/C22H20N6OS/c29-21(24-19-15-23-14-17-8-4-5-9-18(17)19)27-10-12-28(13-11-27)22-25-20(26-30-22)16-6-2-1-3-7-16/h1-9,14-15H,10-13H2,(H,24,29). The molecule has 150 valence electrons. The highest BCUT2D eigenvalue weighted by molar-refractivity contribution is 7.09. The number of amides is 2. The molecule has 1 N–H and O–H groups in total. The smallest absolute Gasteiger partial charge is 0.322 e. The number of nitrogens with one attached hydrogen (secondary N) is 1. The molecule has 0 saturated carbocycles. The summed E-state index contributed by atoms with van der Waals surface area (Å²) in [4.78, 5) is 25.7. The number of carbonyl (C=O) groups excluding carboxylic acids is 1. The molecule has 1 fully saturated rings. The predicted octanol–water partition coefficient (Wildman–Crippen LogP) is 4.11. The molecule has 0 spiro atoms. The van der Waals surface area contributed by atoms with Gasteiger partial charge in [-0.15, -0.1) is 0 Å². The van der Waals surface area contributed by atoms with E-state index in [-0.39, 0.29) is 6.03 Å². The molecule has 0 radical (unpaired) electrons. The Morgan fingerprint density at radius 1 is 0.933 bits per heavy atom. The van der Waals surface area contributed by atoms with Crippen LogP contribution in [0.2, 0.25) is 0 Å². The van der Waals surface area contributed by atoms with Gasteiger partial charge in [-0.1, -0.05) is 54.6 Å². The van der Waals surface area contributed by atoms with Gasteiger partial charge in [0.1, 0.15) is 0 Å². The van der Waals surface area contributed by atoms with E-state index in [0.29, 0.717) is 13.1 Å². The van der Waals surface area contributed by atoms with Gasteiger partial charge in [-0.2, -0.15) is 9.36 Å². The molecule has 3 heterocycles. The number of anilines is 2. The van der Waals surface area contributed by atoms with Crippen molar-refractivity contribution in [3.05, 3.63) is 67.0 Å². The maximum Gasteiger partial charge on any atom is 0.322 e. The van der Waals surface area contributed by atoms with Crippen LogP contribution < -0.4 is 10.2 Å². The molecule has 0 unspecified atom stereocenters. The Balaban J connectivity index is 1.23. The molecule has 4 aromatic rings. The van der Waals surface area contributed by atoms with Gasteiger partial charge in [0.2, 0.25) is 5.13 Å². The molecule has 0 aliphatic carbocycles. The highest BCUT2D eigenvalue weighted by Gasteiger charge is 2.24. The second-order valence-electron chi connectivity index (χ2n) is 7.08. The molecule has 8 heteroatoms. The zero-order valence-corrected chi connectivity index (χ0v) is 17.0. The van der Waals surface area contributed by atoms with E-state index in [2.05, 4.69) is 24.6 Å². The highest BCUT2D eigenvalue weighted by Crippen LogP contribution is 2.25. The van der Waals surface area contributed by atoms with Crippen LogP contribution in [0.25, 0.3) is 22.2 Å². The van der Waals surface area contributed by atoms with Crippen molar-refractivity contribution in [2.45, 2.75) is 0 Å². The summed E-state index contributed by atoms with van der Waals surface area (Å²) in [6.45, 7) is 2.71. The Bertz CT molecular complexity index is 1170. The van der Waals surface area contributed by atoms with E-state index in [4.69, 9.17) is 0 Å². The number of rotatable bonds is 3. The maximum absolute atomic E-state index is 12.8. The second kappa shape index (κ2) is 8.08. The summed E-state index contributed by atoms with van der Waals surface area (Å²) >= 11 is 1.40. The molecule has 2 amide bonds. The number of benzene rings is 2. The third kappa shape index (κ3) is 3.69. The number of aromatic nitrogens is 3. The van der Waals surface area contributed by atoms with E-state index in [0.717, 1.165) is 46.1 Å². The van der Waals surface area contributed by atoms with Gasteiger partial charge in [0.05, 0.1) is 11.9 Å². The Morgan fingerprint density at radius 3 is 2.53 bits per heavy atom. The third-order valence-electron chi connectivity index (χ3n) is 5.19. The average molecular weight is 417 g/mol. The minimum Gasteiger partial charge on any atom is -0.343 e. The predicted molar refractivity (Wildman–Crippen MR) is 120 cm³/mol. The topological polar surface area (TPSA) is 74.2 Å². The van der Waals surface area contributed by atoms with Gasteiger partial charge in [-0.25, -0.2) is 4.79 Å². The summed E-state index contributed by atoms with van der Waals surface area (Å²) in [6.07, 6.45) is 3.50. The van der Waals surface area contributed by atoms with Crippen molar-refractivity contribution in [1.29, 1.82) is 0 Å². The van der Waals surface area contributed by atoms with Gasteiger partial charge in [0.25, 0.3) is 0 Å². The normalized spacial score (nSPS) is 14.1. The van der Waals surface area contributed by atoms with E-state index >= 15 is 0 Å². The lowest BCUT2D eigenvalue weighted by Crippen LogP contribution is -2.50. The van der Waals surface area contributed by atoms with Crippen LogP contribution in [0.15, 0.2) is 67.0 Å². The van der Waals surface area contributed by atoms with Crippen LogP contribution in [0.3, 0.4) is 0 Å². The first-order valence-corrected chi connectivity index (χ1v) is 10.6. The summed E-state index contributed by atoms with van der Waals surface area (Å²) < 4.78 is 4.49. The Hall–Kier alpha value is -3.52. The molecule has 7 nitrogen and oxygen atoms in total. The van der Waals surface area contributed by atoms with Gasteiger partial charge in [-0.05, 0) is 0 Å². The van der Waals surface area contributed by atoms with Crippen molar-refractivity contribution in [2.24, 2.45) is 0 Å².